The van der Waals surface area contributed by atoms with Gasteiger partial charge in [0.15, 0.2) is 0 Å². The summed E-state index contributed by atoms with van der Waals surface area (Å²) in [4.78, 5) is 12.8. The maximum atomic E-state index is 12.7. The number of unbranched alkanes of at least 4 members (excludes halogenated alkanes) is 1. The molecule has 1 fully saturated rings. The van der Waals surface area contributed by atoms with Gasteiger partial charge in [0.05, 0.1) is 24.7 Å². The van der Waals surface area contributed by atoms with Crippen LogP contribution in [0.2, 0.25) is 0 Å². The first kappa shape index (κ1) is 15.1. The van der Waals surface area contributed by atoms with Gasteiger partial charge >= 0.3 is 6.03 Å². The number of β-amino-alcohol motifs (C(OH)–C–C–N with tert-alkyl or cyclic N) is 1. The number of nitrogens with one attached hydrogen (secondary N) is 1. The second kappa shape index (κ2) is 6.84. The van der Waals surface area contributed by atoms with Gasteiger partial charge in [-0.3, -0.25) is 0 Å². The molecule has 3 N–H and O–H groups in total. The predicted octanol–water partition coefficient (Wildman–Crippen LogP) is 0.415. The van der Waals surface area contributed by atoms with E-state index in [9.17, 15) is 23.8 Å². The van der Waals surface area contributed by atoms with Crippen molar-refractivity contribution >= 4 is 6.03 Å². The molecule has 0 aromatic heterocycles. The molecule has 106 valence electrons. The van der Waals surface area contributed by atoms with Crippen LogP contribution >= 0.6 is 0 Å². The number of aliphatic hydroxyl groups excluding tert-OH is 2. The highest BCUT2D eigenvalue weighted by Crippen LogP contribution is 2.23. The number of nitrogens with zero attached hydrogens (tertiary/aromatic N) is 1. The van der Waals surface area contributed by atoms with Crippen molar-refractivity contribution in [3.8, 4) is 0 Å². The van der Waals surface area contributed by atoms with E-state index in [1.165, 1.54) is 0 Å². The molecule has 0 radical (unpaired) electrons. The second-order valence-corrected chi connectivity index (χ2v) is 4.55. The van der Waals surface area contributed by atoms with E-state index in [1.54, 1.807) is 0 Å². The molecule has 0 bridgehead atoms. The molecule has 1 saturated heterocycles. The Morgan fingerprint density at radius 1 is 1.44 bits per heavy atom. The molecule has 1 heterocycles. The smallest absolute Gasteiger partial charge is 0.317 e. The molecular weight excluding hydrogens is 246 g/mol. The lowest BCUT2D eigenvalue weighted by molar-refractivity contribution is -0.107. The predicted molar refractivity (Wildman–Crippen MR) is 61.4 cm³/mol. The van der Waals surface area contributed by atoms with Crippen LogP contribution in [0.4, 0.5) is 13.6 Å². The zero-order valence-corrected chi connectivity index (χ0v) is 10.4. The SMILES string of the molecule is CCCCNC(=O)N1C[C@@H](O)[C@H](O)[C@@H](C(F)F)C1. The van der Waals surface area contributed by atoms with E-state index in [2.05, 4.69) is 5.32 Å². The number of amides is 2. The van der Waals surface area contributed by atoms with E-state index in [0.29, 0.717) is 6.54 Å². The molecule has 0 aromatic rings. The number of carbonyl (C=O) groups excluding carboxylic acids is 1. The normalized spacial score (nSPS) is 28.6. The van der Waals surface area contributed by atoms with Crippen molar-refractivity contribution in [3.05, 3.63) is 0 Å². The van der Waals surface area contributed by atoms with E-state index < -0.39 is 30.6 Å². The van der Waals surface area contributed by atoms with E-state index in [1.807, 2.05) is 6.92 Å². The highest BCUT2D eigenvalue weighted by atomic mass is 19.3. The third-order valence-electron chi connectivity index (χ3n) is 3.09. The van der Waals surface area contributed by atoms with Gasteiger partial charge in [-0.1, -0.05) is 13.3 Å². The van der Waals surface area contributed by atoms with E-state index in [4.69, 9.17) is 0 Å². The highest BCUT2D eigenvalue weighted by Gasteiger charge is 2.41. The third-order valence-corrected chi connectivity index (χ3v) is 3.09. The van der Waals surface area contributed by atoms with E-state index in [0.717, 1.165) is 17.7 Å². The molecular formula is C11H20F2N2O3. The van der Waals surface area contributed by atoms with Crippen LogP contribution in [0.15, 0.2) is 0 Å². The van der Waals surface area contributed by atoms with Crippen molar-refractivity contribution in [3.63, 3.8) is 0 Å². The number of hydrogen-bond acceptors (Lipinski definition) is 3. The Kier molecular flexibility index (Phi) is 5.74. The van der Waals surface area contributed by atoms with E-state index in [-0.39, 0.29) is 13.1 Å². The zero-order valence-electron chi connectivity index (χ0n) is 10.4. The summed E-state index contributed by atoms with van der Waals surface area (Å²) in [7, 11) is 0. The fourth-order valence-electron chi connectivity index (χ4n) is 1.93. The molecule has 1 aliphatic rings. The standard InChI is InChI=1S/C11H20F2N2O3/c1-2-3-4-14-11(18)15-5-7(10(12)13)9(17)8(16)6-15/h7-10,16-17H,2-6H2,1H3,(H,14,18)/t7-,8+,9+/m0/s1. The summed E-state index contributed by atoms with van der Waals surface area (Å²) in [5.74, 6) is -1.40. The lowest BCUT2D eigenvalue weighted by Gasteiger charge is -2.38. The molecule has 3 atom stereocenters. The second-order valence-electron chi connectivity index (χ2n) is 4.55. The van der Waals surface area contributed by atoms with Crippen molar-refractivity contribution in [1.29, 1.82) is 0 Å². The minimum absolute atomic E-state index is 0.123. The van der Waals surface area contributed by atoms with Gasteiger partial charge in [0, 0.05) is 13.1 Å². The Morgan fingerprint density at radius 3 is 2.67 bits per heavy atom. The minimum atomic E-state index is -2.76. The summed E-state index contributed by atoms with van der Waals surface area (Å²) in [6, 6.07) is -0.472. The van der Waals surface area contributed by atoms with Crippen molar-refractivity contribution in [2.24, 2.45) is 5.92 Å². The molecule has 5 nitrogen and oxygen atoms in total. The molecule has 2 amide bonds. The van der Waals surface area contributed by atoms with Gasteiger partial charge in [-0.15, -0.1) is 0 Å². The lowest BCUT2D eigenvalue weighted by Crippen LogP contribution is -2.58. The van der Waals surface area contributed by atoms with Gasteiger partial charge < -0.3 is 20.4 Å². The van der Waals surface area contributed by atoms with Crippen LogP contribution in [-0.2, 0) is 0 Å². The number of piperidine rings is 1. The van der Waals surface area contributed by atoms with Crippen molar-refractivity contribution in [2.45, 2.75) is 38.4 Å². The summed E-state index contributed by atoms with van der Waals surface area (Å²) in [6.45, 7) is 2.08. The van der Waals surface area contributed by atoms with Crippen LogP contribution < -0.4 is 5.32 Å². The Bertz CT molecular complexity index is 279. The summed E-state index contributed by atoms with van der Waals surface area (Å²) in [6.07, 6.45) is -3.84. The number of halogens is 2. The Balaban J connectivity index is 2.53. The van der Waals surface area contributed by atoms with Crippen LogP contribution in [0.25, 0.3) is 0 Å². The average molecular weight is 266 g/mol. The van der Waals surface area contributed by atoms with Crippen LogP contribution in [0.1, 0.15) is 19.8 Å². The molecule has 1 rings (SSSR count). The van der Waals surface area contributed by atoms with E-state index >= 15 is 0 Å². The summed E-state index contributed by atoms with van der Waals surface area (Å²) >= 11 is 0. The monoisotopic (exact) mass is 266 g/mol. The largest absolute Gasteiger partial charge is 0.390 e. The zero-order chi connectivity index (χ0) is 13.7. The number of carbonyl (C=O) groups is 1. The lowest BCUT2D eigenvalue weighted by atomic mass is 9.93. The van der Waals surface area contributed by atoms with Crippen molar-refractivity contribution in [1.82, 2.24) is 10.2 Å². The first-order chi connectivity index (χ1) is 8.47. The topological polar surface area (TPSA) is 72.8 Å². The van der Waals surface area contributed by atoms with Gasteiger partial charge in [0.1, 0.15) is 0 Å². The number of hydrogen-bond donors (Lipinski definition) is 3. The molecule has 0 saturated carbocycles. The molecule has 0 aromatic carbocycles. The van der Waals surface area contributed by atoms with Crippen LogP contribution in [-0.4, -0.2) is 59.4 Å². The van der Waals surface area contributed by atoms with Crippen LogP contribution in [0, 0.1) is 5.92 Å². The maximum absolute atomic E-state index is 12.7. The number of likely N-dealkylation sites (tertiary alicyclic amines) is 1. The van der Waals surface area contributed by atoms with Crippen LogP contribution in [0.3, 0.4) is 0 Å². The molecule has 1 aliphatic heterocycles. The molecule has 7 heteroatoms. The number of urea groups is 1. The number of rotatable bonds is 4. The van der Waals surface area contributed by atoms with Gasteiger partial charge in [0.2, 0.25) is 6.43 Å². The van der Waals surface area contributed by atoms with Gasteiger partial charge in [0.25, 0.3) is 0 Å². The average Bonchev–Trinajstić information content (AvgIpc) is 2.32. The number of alkyl halides is 2. The third kappa shape index (κ3) is 3.78. The molecule has 0 unspecified atom stereocenters. The maximum Gasteiger partial charge on any atom is 0.317 e. The first-order valence-electron chi connectivity index (χ1n) is 6.14. The van der Waals surface area contributed by atoms with Gasteiger partial charge in [-0.05, 0) is 6.42 Å². The summed E-state index contributed by atoms with van der Waals surface area (Å²) in [5.41, 5.74) is 0. The van der Waals surface area contributed by atoms with Gasteiger partial charge in [-0.2, -0.15) is 0 Å². The first-order valence-corrected chi connectivity index (χ1v) is 6.14. The fraction of sp³-hybridized carbons (Fsp3) is 0.909. The highest BCUT2D eigenvalue weighted by molar-refractivity contribution is 5.74. The summed E-state index contributed by atoms with van der Waals surface area (Å²) in [5, 5.41) is 21.5. The molecule has 0 aliphatic carbocycles. The molecule has 0 spiro atoms. The fourth-order valence-corrected chi connectivity index (χ4v) is 1.93. The van der Waals surface area contributed by atoms with Gasteiger partial charge in [-0.25, -0.2) is 13.6 Å². The Labute approximate surface area is 105 Å². The summed E-state index contributed by atoms with van der Waals surface area (Å²) < 4.78 is 25.3. The van der Waals surface area contributed by atoms with Crippen molar-refractivity contribution < 1.29 is 23.8 Å². The Morgan fingerprint density at radius 2 is 2.11 bits per heavy atom. The Hall–Kier alpha value is -0.950. The quantitative estimate of drug-likeness (QED) is 0.645. The minimum Gasteiger partial charge on any atom is -0.390 e. The number of aliphatic hydroxyl groups is 2. The van der Waals surface area contributed by atoms with Crippen LogP contribution in [0.5, 0.6) is 0 Å². The molecule has 18 heavy (non-hydrogen) atoms. The van der Waals surface area contributed by atoms with Crippen molar-refractivity contribution in [2.75, 3.05) is 19.6 Å².